The molecule has 25 heavy (non-hydrogen) atoms. The maximum Gasteiger partial charge on any atom is 0.0521 e. The molecule has 0 radical (unpaired) electrons. The number of fused-ring (bicyclic) bond motifs is 1. The fraction of sp³-hybridized carbons (Fsp3) is 0.391. The van der Waals surface area contributed by atoms with Gasteiger partial charge in [-0.3, -0.25) is 0 Å². The zero-order valence-corrected chi connectivity index (χ0v) is 17.2. The number of likely N-dealkylation sites (N-methyl/N-ethyl adjacent to an activating group) is 1. The van der Waals surface area contributed by atoms with E-state index in [1.165, 1.54) is 44.4 Å². The number of rotatable bonds is 3. The van der Waals surface area contributed by atoms with Gasteiger partial charge in [-0.15, -0.1) is 6.42 Å². The molecule has 132 valence electrons. The molecule has 0 unspecified atom stereocenters. The van der Waals surface area contributed by atoms with Crippen LogP contribution in [-0.2, 0) is 7.05 Å². The summed E-state index contributed by atoms with van der Waals surface area (Å²) in [4.78, 5) is 2.01. The Morgan fingerprint density at radius 1 is 1.00 bits per heavy atom. The van der Waals surface area contributed by atoms with Gasteiger partial charge in [0.1, 0.15) is 0 Å². The SMILES string of the molecule is C#C/C(=C(/C)C(=C)N(C)C)c1c(C)n(C)c2c(C)c(C)c(C)c(C)c12. The number of benzene rings is 1. The van der Waals surface area contributed by atoms with E-state index < -0.39 is 0 Å². The summed E-state index contributed by atoms with van der Waals surface area (Å²) in [5.41, 5.74) is 11.9. The standard InChI is InChI=1S/C23H30N2/c1-12-20(17(6)18(7)24(9)10)22-19(8)25(11)23-16(5)14(3)13(2)15(4)21(22)23/h1H,7H2,2-6,8-11H3/b20-17+. The van der Waals surface area contributed by atoms with Crippen LogP contribution in [0, 0.1) is 47.0 Å². The Hall–Kier alpha value is -2.40. The number of hydrogen-bond donors (Lipinski definition) is 0. The second-order valence-corrected chi connectivity index (χ2v) is 7.23. The quantitative estimate of drug-likeness (QED) is 0.553. The van der Waals surface area contributed by atoms with Crippen LogP contribution in [0.4, 0.5) is 0 Å². The average Bonchev–Trinajstić information content (AvgIpc) is 2.83. The molecule has 1 heterocycles. The molecule has 0 aliphatic rings. The van der Waals surface area contributed by atoms with Gasteiger partial charge in [-0.05, 0) is 69.4 Å². The fourth-order valence-corrected chi connectivity index (χ4v) is 3.69. The number of terminal acetylenes is 1. The van der Waals surface area contributed by atoms with Gasteiger partial charge in [0.2, 0.25) is 0 Å². The van der Waals surface area contributed by atoms with Crippen molar-refractivity contribution in [2.75, 3.05) is 14.1 Å². The number of allylic oxidation sites excluding steroid dienone is 2. The molecule has 0 saturated carbocycles. The highest BCUT2D eigenvalue weighted by molar-refractivity contribution is 6.03. The lowest BCUT2D eigenvalue weighted by Crippen LogP contribution is -2.11. The molecular weight excluding hydrogens is 304 g/mol. The molecule has 0 amide bonds. The van der Waals surface area contributed by atoms with E-state index in [1.54, 1.807) is 0 Å². The van der Waals surface area contributed by atoms with Gasteiger partial charge in [-0.25, -0.2) is 0 Å². The molecule has 0 spiro atoms. The predicted octanol–water partition coefficient (Wildman–Crippen LogP) is 5.20. The maximum absolute atomic E-state index is 5.99. The van der Waals surface area contributed by atoms with Crippen molar-refractivity contribution in [1.29, 1.82) is 0 Å². The van der Waals surface area contributed by atoms with Gasteiger partial charge in [0.15, 0.2) is 0 Å². The maximum atomic E-state index is 5.99. The average molecular weight is 335 g/mol. The first-order chi connectivity index (χ1) is 11.6. The van der Waals surface area contributed by atoms with E-state index in [1.807, 2.05) is 19.0 Å². The van der Waals surface area contributed by atoms with E-state index >= 15 is 0 Å². The van der Waals surface area contributed by atoms with Crippen molar-refractivity contribution < 1.29 is 0 Å². The van der Waals surface area contributed by atoms with Crippen LogP contribution in [0.25, 0.3) is 16.5 Å². The summed E-state index contributed by atoms with van der Waals surface area (Å²) in [6, 6.07) is 0. The van der Waals surface area contributed by atoms with Gasteiger partial charge in [0.05, 0.1) is 5.52 Å². The summed E-state index contributed by atoms with van der Waals surface area (Å²) in [5, 5.41) is 1.28. The molecule has 0 aliphatic heterocycles. The molecule has 0 atom stereocenters. The summed E-state index contributed by atoms with van der Waals surface area (Å²) < 4.78 is 2.28. The van der Waals surface area contributed by atoms with E-state index in [4.69, 9.17) is 6.42 Å². The lowest BCUT2D eigenvalue weighted by Gasteiger charge is -2.19. The fourth-order valence-electron chi connectivity index (χ4n) is 3.69. The van der Waals surface area contributed by atoms with Gasteiger partial charge in [0.25, 0.3) is 0 Å². The minimum absolute atomic E-state index is 0.938. The smallest absolute Gasteiger partial charge is 0.0521 e. The van der Waals surface area contributed by atoms with Crippen molar-refractivity contribution >= 4 is 16.5 Å². The zero-order chi connectivity index (χ0) is 19.2. The van der Waals surface area contributed by atoms with E-state index in [0.29, 0.717) is 0 Å². The highest BCUT2D eigenvalue weighted by Crippen LogP contribution is 2.39. The van der Waals surface area contributed by atoms with Gasteiger partial charge in [0, 0.05) is 49.1 Å². The monoisotopic (exact) mass is 334 g/mol. The van der Waals surface area contributed by atoms with Crippen molar-refractivity contribution in [2.24, 2.45) is 7.05 Å². The molecular formula is C23H30N2. The number of nitrogens with zero attached hydrogens (tertiary/aromatic N) is 2. The van der Waals surface area contributed by atoms with Crippen LogP contribution in [0.2, 0.25) is 0 Å². The van der Waals surface area contributed by atoms with E-state index in [-0.39, 0.29) is 0 Å². The van der Waals surface area contributed by atoms with Crippen LogP contribution in [0.1, 0.15) is 40.4 Å². The summed E-state index contributed by atoms with van der Waals surface area (Å²) >= 11 is 0. The molecule has 0 fully saturated rings. The third-order valence-corrected chi connectivity index (χ3v) is 5.85. The Morgan fingerprint density at radius 3 is 2.00 bits per heavy atom. The summed E-state index contributed by atoms with van der Waals surface area (Å²) in [5.74, 6) is 2.96. The zero-order valence-electron chi connectivity index (χ0n) is 17.2. The molecule has 1 aromatic carbocycles. The van der Waals surface area contributed by atoms with Crippen molar-refractivity contribution in [1.82, 2.24) is 9.47 Å². The molecule has 0 aliphatic carbocycles. The van der Waals surface area contributed by atoms with Crippen molar-refractivity contribution in [3.8, 4) is 12.3 Å². The van der Waals surface area contributed by atoms with Crippen molar-refractivity contribution in [3.05, 3.63) is 51.4 Å². The molecule has 2 heteroatoms. The summed E-state index contributed by atoms with van der Waals surface area (Å²) in [6.45, 7) is 17.2. The number of aromatic nitrogens is 1. The van der Waals surface area contributed by atoms with E-state index in [9.17, 15) is 0 Å². The topological polar surface area (TPSA) is 8.17 Å². The second kappa shape index (κ2) is 6.48. The molecule has 2 rings (SSSR count). The van der Waals surface area contributed by atoms with E-state index in [0.717, 1.165) is 16.8 Å². The normalized spacial score (nSPS) is 12.2. The third kappa shape index (κ3) is 2.68. The number of hydrogen-bond acceptors (Lipinski definition) is 1. The van der Waals surface area contributed by atoms with E-state index in [2.05, 4.69) is 65.7 Å². The molecule has 1 aromatic heterocycles. The van der Waals surface area contributed by atoms with Gasteiger partial charge in [-0.2, -0.15) is 0 Å². The molecule has 2 aromatic rings. The first-order valence-corrected chi connectivity index (χ1v) is 8.65. The number of aryl methyl sites for hydroxylation is 3. The van der Waals surface area contributed by atoms with Gasteiger partial charge in [-0.1, -0.05) is 12.5 Å². The van der Waals surface area contributed by atoms with Crippen LogP contribution in [0.15, 0.2) is 17.8 Å². The lowest BCUT2D eigenvalue weighted by atomic mass is 9.90. The third-order valence-electron chi connectivity index (χ3n) is 5.85. The first kappa shape index (κ1) is 18.9. The highest BCUT2D eigenvalue weighted by Gasteiger charge is 2.22. The van der Waals surface area contributed by atoms with Crippen LogP contribution >= 0.6 is 0 Å². The minimum Gasteiger partial charge on any atom is -0.378 e. The Labute approximate surface area is 152 Å². The second-order valence-electron chi connectivity index (χ2n) is 7.23. The predicted molar refractivity (Wildman–Crippen MR) is 111 cm³/mol. The molecule has 0 N–H and O–H groups in total. The Balaban J connectivity index is 3.07. The van der Waals surface area contributed by atoms with Crippen LogP contribution in [0.5, 0.6) is 0 Å². The molecule has 0 saturated heterocycles. The Morgan fingerprint density at radius 2 is 1.52 bits per heavy atom. The van der Waals surface area contributed by atoms with Crippen LogP contribution in [-0.4, -0.2) is 23.6 Å². The molecule has 0 bridgehead atoms. The Kier molecular flexibility index (Phi) is 4.91. The van der Waals surface area contributed by atoms with Gasteiger partial charge < -0.3 is 9.47 Å². The molecule has 2 nitrogen and oxygen atoms in total. The van der Waals surface area contributed by atoms with Crippen LogP contribution < -0.4 is 0 Å². The minimum atomic E-state index is 0.938. The van der Waals surface area contributed by atoms with Crippen LogP contribution in [0.3, 0.4) is 0 Å². The Bertz CT molecular complexity index is 957. The first-order valence-electron chi connectivity index (χ1n) is 8.65. The largest absolute Gasteiger partial charge is 0.378 e. The van der Waals surface area contributed by atoms with Crippen molar-refractivity contribution in [2.45, 2.75) is 41.5 Å². The van der Waals surface area contributed by atoms with Gasteiger partial charge >= 0.3 is 0 Å². The van der Waals surface area contributed by atoms with Crippen molar-refractivity contribution in [3.63, 3.8) is 0 Å². The summed E-state index contributed by atoms with van der Waals surface area (Å²) in [6.07, 6.45) is 5.99. The summed E-state index contributed by atoms with van der Waals surface area (Å²) in [7, 11) is 6.13. The highest BCUT2D eigenvalue weighted by atomic mass is 15.1. The lowest BCUT2D eigenvalue weighted by molar-refractivity contribution is 0.524.